The lowest BCUT2D eigenvalue weighted by Crippen LogP contribution is -2.34. The molecule has 21 heavy (non-hydrogen) atoms. The number of ether oxygens (including phenoxy) is 2. The predicted molar refractivity (Wildman–Crippen MR) is 83.4 cm³/mol. The van der Waals surface area contributed by atoms with Crippen LogP contribution in [0.4, 0.5) is 0 Å². The van der Waals surface area contributed by atoms with Gasteiger partial charge >= 0.3 is 0 Å². The summed E-state index contributed by atoms with van der Waals surface area (Å²) in [7, 11) is 1.69. The minimum Gasteiger partial charge on any atom is -0.382 e. The zero-order chi connectivity index (χ0) is 15.3. The summed E-state index contributed by atoms with van der Waals surface area (Å²) in [6.07, 6.45) is 5.72. The molecule has 0 aromatic carbocycles. The number of nitrogens with zero attached hydrogens (tertiary/aromatic N) is 3. The van der Waals surface area contributed by atoms with Crippen molar-refractivity contribution in [3.63, 3.8) is 0 Å². The first-order valence-corrected chi connectivity index (χ1v) is 7.98. The topological polar surface area (TPSA) is 61.2 Å². The van der Waals surface area contributed by atoms with E-state index in [1.165, 1.54) is 0 Å². The Balaban J connectivity index is 2.42. The molecule has 0 aliphatic heterocycles. The molecule has 0 saturated heterocycles. The molecule has 1 rings (SSSR count). The number of rotatable bonds is 13. The van der Waals surface area contributed by atoms with Crippen LogP contribution in [0.3, 0.4) is 0 Å². The third kappa shape index (κ3) is 7.55. The Hall–Kier alpha value is -0.980. The highest BCUT2D eigenvalue weighted by molar-refractivity contribution is 4.90. The largest absolute Gasteiger partial charge is 0.382 e. The van der Waals surface area contributed by atoms with Gasteiger partial charge in [-0.2, -0.15) is 5.10 Å². The number of hydrogen-bond donors (Lipinski definition) is 1. The number of aryl methyl sites for hydroxylation is 1. The van der Waals surface area contributed by atoms with Crippen molar-refractivity contribution < 1.29 is 9.47 Å². The Labute approximate surface area is 128 Å². The molecule has 0 bridgehead atoms. The van der Waals surface area contributed by atoms with Crippen LogP contribution in [0.25, 0.3) is 0 Å². The summed E-state index contributed by atoms with van der Waals surface area (Å²) in [4.78, 5) is 4.39. The molecule has 1 N–H and O–H groups in total. The monoisotopic (exact) mass is 298 g/mol. The summed E-state index contributed by atoms with van der Waals surface area (Å²) in [6, 6.07) is 0.382. The maximum absolute atomic E-state index is 5.57. The van der Waals surface area contributed by atoms with Crippen molar-refractivity contribution in [3.8, 4) is 0 Å². The van der Waals surface area contributed by atoms with Gasteiger partial charge in [0.05, 0.1) is 13.2 Å². The molecule has 6 heteroatoms. The minimum absolute atomic E-state index is 0.382. The Bertz CT molecular complexity index is 357. The highest BCUT2D eigenvalue weighted by Gasteiger charge is 2.13. The summed E-state index contributed by atoms with van der Waals surface area (Å²) < 4.78 is 12.6. The van der Waals surface area contributed by atoms with Crippen LogP contribution in [0.15, 0.2) is 6.33 Å². The average molecular weight is 298 g/mol. The highest BCUT2D eigenvalue weighted by atomic mass is 16.5. The Morgan fingerprint density at radius 3 is 2.81 bits per heavy atom. The molecule has 0 saturated carbocycles. The van der Waals surface area contributed by atoms with Crippen LogP contribution < -0.4 is 5.32 Å². The lowest BCUT2D eigenvalue weighted by molar-refractivity contribution is 0.0657. The first-order chi connectivity index (χ1) is 10.3. The number of nitrogens with one attached hydrogen (secondary N) is 1. The molecule has 1 unspecified atom stereocenters. The van der Waals surface area contributed by atoms with E-state index in [-0.39, 0.29) is 0 Å². The lowest BCUT2D eigenvalue weighted by atomic mass is 10.1. The van der Waals surface area contributed by atoms with Crippen LogP contribution in [0.2, 0.25) is 0 Å². The first kappa shape index (κ1) is 18.1. The molecule has 0 aliphatic rings. The van der Waals surface area contributed by atoms with E-state index >= 15 is 0 Å². The highest BCUT2D eigenvalue weighted by Crippen LogP contribution is 2.05. The van der Waals surface area contributed by atoms with Crippen molar-refractivity contribution in [1.82, 2.24) is 20.1 Å². The van der Waals surface area contributed by atoms with Gasteiger partial charge in [-0.15, -0.1) is 0 Å². The van der Waals surface area contributed by atoms with Crippen LogP contribution in [0, 0.1) is 0 Å². The van der Waals surface area contributed by atoms with Crippen molar-refractivity contribution in [2.75, 3.05) is 33.5 Å². The van der Waals surface area contributed by atoms with Gasteiger partial charge in [-0.3, -0.25) is 4.68 Å². The van der Waals surface area contributed by atoms with E-state index in [4.69, 9.17) is 9.47 Å². The van der Waals surface area contributed by atoms with Crippen molar-refractivity contribution >= 4 is 0 Å². The minimum atomic E-state index is 0.382. The van der Waals surface area contributed by atoms with Crippen LogP contribution in [-0.2, 0) is 22.4 Å². The Kier molecular flexibility index (Phi) is 10.0. The summed E-state index contributed by atoms with van der Waals surface area (Å²) >= 11 is 0. The predicted octanol–water partition coefficient (Wildman–Crippen LogP) is 1.65. The van der Waals surface area contributed by atoms with E-state index in [1.54, 1.807) is 13.4 Å². The SMILES string of the molecule is CCCNC(CCOCCOC)Cc1ncnn1CCC. The van der Waals surface area contributed by atoms with E-state index in [1.807, 2.05) is 4.68 Å². The van der Waals surface area contributed by atoms with Gasteiger partial charge in [0.15, 0.2) is 0 Å². The Morgan fingerprint density at radius 2 is 2.10 bits per heavy atom. The number of hydrogen-bond acceptors (Lipinski definition) is 5. The van der Waals surface area contributed by atoms with Gasteiger partial charge in [0, 0.05) is 32.7 Å². The van der Waals surface area contributed by atoms with Crippen LogP contribution >= 0.6 is 0 Å². The lowest BCUT2D eigenvalue weighted by Gasteiger charge is -2.18. The van der Waals surface area contributed by atoms with Crippen molar-refractivity contribution in [2.45, 2.75) is 52.1 Å². The van der Waals surface area contributed by atoms with Gasteiger partial charge < -0.3 is 14.8 Å². The second kappa shape index (κ2) is 11.7. The van der Waals surface area contributed by atoms with E-state index in [0.717, 1.165) is 51.2 Å². The fourth-order valence-electron chi connectivity index (χ4n) is 2.16. The standard InChI is InChI=1S/C15H30N4O2/c1-4-7-16-14(6-9-21-11-10-20-3)12-15-17-13-18-19(15)8-5-2/h13-14,16H,4-12H2,1-3H3. The maximum Gasteiger partial charge on any atom is 0.138 e. The van der Waals surface area contributed by atoms with E-state index in [2.05, 4.69) is 29.2 Å². The number of methoxy groups -OCH3 is 1. The molecule has 1 aromatic rings. The average Bonchev–Trinajstić information content (AvgIpc) is 2.92. The fourth-order valence-corrected chi connectivity index (χ4v) is 2.16. The summed E-state index contributed by atoms with van der Waals surface area (Å²) in [6.45, 7) is 8.33. The van der Waals surface area contributed by atoms with Gasteiger partial charge in [0.1, 0.15) is 12.2 Å². The van der Waals surface area contributed by atoms with Gasteiger partial charge in [-0.1, -0.05) is 13.8 Å². The molecular weight excluding hydrogens is 268 g/mol. The van der Waals surface area contributed by atoms with E-state index < -0.39 is 0 Å². The molecule has 0 fully saturated rings. The van der Waals surface area contributed by atoms with E-state index in [0.29, 0.717) is 19.3 Å². The van der Waals surface area contributed by atoms with Crippen LogP contribution in [0.5, 0.6) is 0 Å². The molecule has 122 valence electrons. The van der Waals surface area contributed by atoms with Gasteiger partial charge in [0.2, 0.25) is 0 Å². The molecule has 1 heterocycles. The third-order valence-electron chi connectivity index (χ3n) is 3.29. The molecule has 0 amide bonds. The Morgan fingerprint density at radius 1 is 1.24 bits per heavy atom. The summed E-state index contributed by atoms with van der Waals surface area (Å²) in [5, 5.41) is 7.87. The molecule has 0 radical (unpaired) electrons. The smallest absolute Gasteiger partial charge is 0.138 e. The molecular formula is C15H30N4O2. The summed E-state index contributed by atoms with van der Waals surface area (Å²) in [5.41, 5.74) is 0. The molecule has 1 aromatic heterocycles. The normalized spacial score (nSPS) is 12.7. The fraction of sp³-hybridized carbons (Fsp3) is 0.867. The van der Waals surface area contributed by atoms with E-state index in [9.17, 15) is 0 Å². The van der Waals surface area contributed by atoms with Crippen molar-refractivity contribution in [2.24, 2.45) is 0 Å². The first-order valence-electron chi connectivity index (χ1n) is 7.98. The van der Waals surface area contributed by atoms with Gasteiger partial charge in [-0.25, -0.2) is 4.98 Å². The number of aromatic nitrogens is 3. The quantitative estimate of drug-likeness (QED) is 0.561. The van der Waals surface area contributed by atoms with Gasteiger partial charge in [0.25, 0.3) is 0 Å². The van der Waals surface area contributed by atoms with Crippen molar-refractivity contribution in [1.29, 1.82) is 0 Å². The second-order valence-electron chi connectivity index (χ2n) is 5.15. The zero-order valence-electron chi connectivity index (χ0n) is 13.7. The van der Waals surface area contributed by atoms with Crippen LogP contribution in [0.1, 0.15) is 38.9 Å². The van der Waals surface area contributed by atoms with Crippen LogP contribution in [-0.4, -0.2) is 54.3 Å². The second-order valence-corrected chi connectivity index (χ2v) is 5.15. The molecule has 1 atom stereocenters. The maximum atomic E-state index is 5.57. The van der Waals surface area contributed by atoms with Crippen molar-refractivity contribution in [3.05, 3.63) is 12.2 Å². The van der Waals surface area contributed by atoms with Gasteiger partial charge in [-0.05, 0) is 25.8 Å². The summed E-state index contributed by atoms with van der Waals surface area (Å²) in [5.74, 6) is 1.06. The third-order valence-corrected chi connectivity index (χ3v) is 3.29. The zero-order valence-corrected chi connectivity index (χ0v) is 13.7. The molecule has 0 aliphatic carbocycles. The molecule has 6 nitrogen and oxygen atoms in total. The molecule has 0 spiro atoms.